The zero-order chi connectivity index (χ0) is 14.8. The maximum atomic E-state index is 12.5. The van der Waals surface area contributed by atoms with Crippen LogP contribution in [0, 0.1) is 13.8 Å². The molecular formula is C17H20N2O2. The van der Waals surface area contributed by atoms with Crippen LogP contribution in [0.15, 0.2) is 34.7 Å². The minimum absolute atomic E-state index is 0.00383. The van der Waals surface area contributed by atoms with E-state index >= 15 is 0 Å². The lowest BCUT2D eigenvalue weighted by atomic mass is 9.89. The van der Waals surface area contributed by atoms with Gasteiger partial charge in [0.15, 0.2) is 11.6 Å². The van der Waals surface area contributed by atoms with Crippen molar-refractivity contribution in [2.45, 2.75) is 32.6 Å². The van der Waals surface area contributed by atoms with Gasteiger partial charge in [-0.15, -0.1) is 0 Å². The number of hydrogen-bond acceptors (Lipinski definition) is 3. The quantitative estimate of drug-likeness (QED) is 0.850. The molecule has 3 rings (SSSR count). The second-order valence-electron chi connectivity index (χ2n) is 5.61. The van der Waals surface area contributed by atoms with Crippen molar-refractivity contribution >= 4 is 5.91 Å². The van der Waals surface area contributed by atoms with Gasteiger partial charge in [-0.05, 0) is 31.2 Å². The van der Waals surface area contributed by atoms with Crippen LogP contribution < -0.4 is 0 Å². The molecule has 0 bridgehead atoms. The molecule has 1 aliphatic rings. The molecule has 1 aliphatic heterocycles. The predicted octanol–water partition coefficient (Wildman–Crippen LogP) is 3.31. The van der Waals surface area contributed by atoms with Crippen molar-refractivity contribution in [2.24, 2.45) is 0 Å². The van der Waals surface area contributed by atoms with Crippen molar-refractivity contribution in [3.8, 4) is 0 Å². The molecule has 0 saturated carbocycles. The number of aryl methyl sites for hydroxylation is 2. The summed E-state index contributed by atoms with van der Waals surface area (Å²) in [5, 5.41) is 0. The summed E-state index contributed by atoms with van der Waals surface area (Å²) < 4.78 is 5.36. The molecular weight excluding hydrogens is 264 g/mol. The summed E-state index contributed by atoms with van der Waals surface area (Å²) in [6, 6.07) is 10.5. The number of amides is 1. The molecule has 2 heterocycles. The van der Waals surface area contributed by atoms with E-state index in [9.17, 15) is 4.79 Å². The van der Waals surface area contributed by atoms with Crippen LogP contribution in [-0.4, -0.2) is 28.9 Å². The standard InChI is InChI=1S/C17H20N2O2/c1-12-16(18-13(2)21-12)17(20)19-10-8-15(9-11-19)14-6-4-3-5-7-14/h3-7,15H,8-11H2,1-2H3. The van der Waals surface area contributed by atoms with Crippen LogP contribution in [0.5, 0.6) is 0 Å². The Bertz CT molecular complexity index is 625. The largest absolute Gasteiger partial charge is 0.445 e. The fourth-order valence-corrected chi connectivity index (χ4v) is 3.02. The second kappa shape index (κ2) is 5.72. The minimum Gasteiger partial charge on any atom is -0.445 e. The number of rotatable bonds is 2. The van der Waals surface area contributed by atoms with E-state index in [4.69, 9.17) is 4.42 Å². The van der Waals surface area contributed by atoms with Gasteiger partial charge < -0.3 is 9.32 Å². The van der Waals surface area contributed by atoms with E-state index in [-0.39, 0.29) is 5.91 Å². The van der Waals surface area contributed by atoms with E-state index in [1.807, 2.05) is 11.0 Å². The zero-order valence-corrected chi connectivity index (χ0v) is 12.5. The molecule has 1 aromatic carbocycles. The van der Waals surface area contributed by atoms with Gasteiger partial charge in [0.25, 0.3) is 5.91 Å². The van der Waals surface area contributed by atoms with E-state index in [1.165, 1.54) is 5.56 Å². The van der Waals surface area contributed by atoms with Crippen molar-refractivity contribution in [2.75, 3.05) is 13.1 Å². The summed E-state index contributed by atoms with van der Waals surface area (Å²) in [5.74, 6) is 1.71. The van der Waals surface area contributed by atoms with E-state index in [0.717, 1.165) is 25.9 Å². The first-order valence-electron chi connectivity index (χ1n) is 7.43. The van der Waals surface area contributed by atoms with Crippen LogP contribution in [0.2, 0.25) is 0 Å². The fourth-order valence-electron chi connectivity index (χ4n) is 3.02. The first-order valence-corrected chi connectivity index (χ1v) is 7.43. The fraction of sp³-hybridized carbons (Fsp3) is 0.412. The topological polar surface area (TPSA) is 46.3 Å². The van der Waals surface area contributed by atoms with E-state index in [1.54, 1.807) is 13.8 Å². The Morgan fingerprint density at radius 2 is 1.86 bits per heavy atom. The average Bonchev–Trinajstić information content (AvgIpc) is 2.86. The lowest BCUT2D eigenvalue weighted by molar-refractivity contribution is 0.0706. The highest BCUT2D eigenvalue weighted by molar-refractivity contribution is 5.93. The number of hydrogen-bond donors (Lipinski definition) is 0. The van der Waals surface area contributed by atoms with Gasteiger partial charge in [-0.2, -0.15) is 0 Å². The normalized spacial score (nSPS) is 16.2. The third-order valence-electron chi connectivity index (χ3n) is 4.16. The molecule has 4 nitrogen and oxygen atoms in total. The van der Waals surface area contributed by atoms with Gasteiger partial charge >= 0.3 is 0 Å². The lowest BCUT2D eigenvalue weighted by Gasteiger charge is -2.31. The smallest absolute Gasteiger partial charge is 0.276 e. The van der Waals surface area contributed by atoms with Crippen LogP contribution >= 0.6 is 0 Å². The number of aromatic nitrogens is 1. The van der Waals surface area contributed by atoms with Crippen LogP contribution in [0.4, 0.5) is 0 Å². The van der Waals surface area contributed by atoms with Crippen molar-refractivity contribution in [3.05, 3.63) is 53.2 Å². The van der Waals surface area contributed by atoms with E-state index in [0.29, 0.717) is 23.3 Å². The highest BCUT2D eigenvalue weighted by Crippen LogP contribution is 2.28. The second-order valence-corrected chi connectivity index (χ2v) is 5.61. The number of benzene rings is 1. The molecule has 1 fully saturated rings. The third kappa shape index (κ3) is 2.84. The van der Waals surface area contributed by atoms with Crippen molar-refractivity contribution < 1.29 is 9.21 Å². The summed E-state index contributed by atoms with van der Waals surface area (Å²) >= 11 is 0. The van der Waals surface area contributed by atoms with Gasteiger partial charge in [0, 0.05) is 20.0 Å². The number of piperidine rings is 1. The van der Waals surface area contributed by atoms with Crippen LogP contribution in [-0.2, 0) is 0 Å². The zero-order valence-electron chi connectivity index (χ0n) is 12.5. The lowest BCUT2D eigenvalue weighted by Crippen LogP contribution is -2.38. The molecule has 2 aromatic rings. The Morgan fingerprint density at radius 3 is 2.43 bits per heavy atom. The van der Waals surface area contributed by atoms with Gasteiger partial charge in [-0.25, -0.2) is 4.98 Å². The van der Waals surface area contributed by atoms with Gasteiger partial charge in [-0.1, -0.05) is 30.3 Å². The molecule has 0 atom stereocenters. The van der Waals surface area contributed by atoms with E-state index in [2.05, 4.69) is 29.2 Å². The SMILES string of the molecule is Cc1nc(C(=O)N2CCC(c3ccccc3)CC2)c(C)o1. The summed E-state index contributed by atoms with van der Waals surface area (Å²) in [5.41, 5.74) is 1.84. The maximum Gasteiger partial charge on any atom is 0.276 e. The summed E-state index contributed by atoms with van der Waals surface area (Å²) in [4.78, 5) is 18.6. The molecule has 0 N–H and O–H groups in total. The molecule has 0 spiro atoms. The van der Waals surface area contributed by atoms with Crippen LogP contribution in [0.25, 0.3) is 0 Å². The highest BCUT2D eigenvalue weighted by Gasteiger charge is 2.27. The molecule has 0 unspecified atom stereocenters. The van der Waals surface area contributed by atoms with Crippen LogP contribution in [0.3, 0.4) is 0 Å². The average molecular weight is 284 g/mol. The first kappa shape index (κ1) is 13.9. The first-order chi connectivity index (χ1) is 10.1. The number of likely N-dealkylation sites (tertiary alicyclic amines) is 1. The molecule has 1 amide bonds. The predicted molar refractivity (Wildman–Crippen MR) is 80.3 cm³/mol. The van der Waals surface area contributed by atoms with Gasteiger partial charge in [0.2, 0.25) is 0 Å². The molecule has 0 radical (unpaired) electrons. The number of nitrogens with zero attached hydrogens (tertiary/aromatic N) is 2. The highest BCUT2D eigenvalue weighted by atomic mass is 16.4. The molecule has 1 saturated heterocycles. The summed E-state index contributed by atoms with van der Waals surface area (Å²) in [7, 11) is 0. The Labute approximate surface area is 124 Å². The summed E-state index contributed by atoms with van der Waals surface area (Å²) in [6.07, 6.45) is 2.01. The molecule has 0 aliphatic carbocycles. The number of carbonyl (C=O) groups excluding carboxylic acids is 1. The minimum atomic E-state index is -0.00383. The molecule has 4 heteroatoms. The molecule has 1 aromatic heterocycles. The Morgan fingerprint density at radius 1 is 1.19 bits per heavy atom. The molecule has 110 valence electrons. The monoisotopic (exact) mass is 284 g/mol. The van der Waals surface area contributed by atoms with Crippen molar-refractivity contribution in [3.63, 3.8) is 0 Å². The summed E-state index contributed by atoms with van der Waals surface area (Å²) in [6.45, 7) is 5.13. The maximum absolute atomic E-state index is 12.5. The van der Waals surface area contributed by atoms with Gasteiger partial charge in [0.05, 0.1) is 0 Å². The molecule has 21 heavy (non-hydrogen) atoms. The third-order valence-corrected chi connectivity index (χ3v) is 4.16. The van der Waals surface area contributed by atoms with Crippen molar-refractivity contribution in [1.82, 2.24) is 9.88 Å². The Kier molecular flexibility index (Phi) is 3.78. The van der Waals surface area contributed by atoms with Gasteiger partial charge in [-0.3, -0.25) is 4.79 Å². The van der Waals surface area contributed by atoms with E-state index < -0.39 is 0 Å². The van der Waals surface area contributed by atoms with Gasteiger partial charge in [0.1, 0.15) is 5.76 Å². The number of carbonyl (C=O) groups is 1. The number of oxazole rings is 1. The Hall–Kier alpha value is -2.10. The Balaban J connectivity index is 1.66. The van der Waals surface area contributed by atoms with Crippen molar-refractivity contribution in [1.29, 1.82) is 0 Å². The van der Waals surface area contributed by atoms with Crippen LogP contribution in [0.1, 0.15) is 46.5 Å².